The van der Waals surface area contributed by atoms with Crippen LogP contribution >= 0.6 is 0 Å². The maximum Gasteiger partial charge on any atom is 0.367 e. The lowest BCUT2D eigenvalue weighted by molar-refractivity contribution is -0.958. The molecule has 0 spiro atoms. The lowest BCUT2D eigenvalue weighted by atomic mass is 10.1. The molecule has 0 bridgehead atoms. The molecule has 7 nitrogen and oxygen atoms in total. The molecule has 7 heteroatoms. The molecule has 0 unspecified atom stereocenters. The average molecular weight is 353 g/mol. The molecule has 0 aliphatic heterocycles. The molecule has 1 aromatic rings. The summed E-state index contributed by atoms with van der Waals surface area (Å²) in [6, 6.07) is 5.73. The number of hydrogen-bond acceptors (Lipinski definition) is 6. The zero-order chi connectivity index (χ0) is 19.0. The Kier molecular flexibility index (Phi) is 7.86. The van der Waals surface area contributed by atoms with Gasteiger partial charge in [0, 0.05) is 5.59 Å². The van der Waals surface area contributed by atoms with Crippen molar-refractivity contribution in [3.63, 3.8) is 0 Å². The van der Waals surface area contributed by atoms with Crippen molar-refractivity contribution >= 4 is 11.9 Å². The van der Waals surface area contributed by atoms with Gasteiger partial charge in [0.25, 0.3) is 0 Å². The third-order valence-corrected chi connectivity index (χ3v) is 3.45. The van der Waals surface area contributed by atoms with E-state index >= 15 is 0 Å². The predicted octanol–water partition coefficient (Wildman–Crippen LogP) is 1.92. The van der Waals surface area contributed by atoms with Gasteiger partial charge in [0.2, 0.25) is 0 Å². The standard InChI is InChI=1S/C18H29N2O5/c1-13(2)18(22)23-10-9-20(5,6)19-25-17(21)12-24-16-8-7-14(3)11-15(16)4/h7-8,11,13,19H,9-10,12H2,1-6H3/q+1. The number of ether oxygens (including phenoxy) is 2. The molecule has 0 aliphatic rings. The molecule has 0 fully saturated rings. The second-order valence-corrected chi connectivity index (χ2v) is 6.85. The molecule has 25 heavy (non-hydrogen) atoms. The molecule has 0 heterocycles. The number of rotatable bonds is 9. The largest absolute Gasteiger partial charge is 0.482 e. The van der Waals surface area contributed by atoms with E-state index in [1.807, 2.05) is 32.0 Å². The summed E-state index contributed by atoms with van der Waals surface area (Å²) in [5.41, 5.74) is 4.73. The van der Waals surface area contributed by atoms with Crippen LogP contribution in [-0.4, -0.2) is 50.4 Å². The first-order valence-electron chi connectivity index (χ1n) is 8.27. The second kappa shape index (κ2) is 9.39. The highest BCUT2D eigenvalue weighted by Crippen LogP contribution is 2.18. The maximum absolute atomic E-state index is 11.8. The molecule has 1 rings (SSSR count). The van der Waals surface area contributed by atoms with Gasteiger partial charge in [-0.2, -0.15) is 0 Å². The number of aryl methyl sites for hydroxylation is 2. The Balaban J connectivity index is 2.33. The Morgan fingerprint density at radius 3 is 2.48 bits per heavy atom. The molecule has 1 N–H and O–H groups in total. The van der Waals surface area contributed by atoms with Gasteiger partial charge in [-0.15, -0.1) is 0 Å². The van der Waals surface area contributed by atoms with Crippen molar-refractivity contribution in [2.45, 2.75) is 27.7 Å². The van der Waals surface area contributed by atoms with Crippen molar-refractivity contribution in [1.29, 1.82) is 0 Å². The molecule has 140 valence electrons. The fraction of sp³-hybridized carbons (Fsp3) is 0.556. The van der Waals surface area contributed by atoms with Crippen LogP contribution in [0.25, 0.3) is 0 Å². The summed E-state index contributed by atoms with van der Waals surface area (Å²) < 4.78 is 10.7. The van der Waals surface area contributed by atoms with Gasteiger partial charge < -0.3 is 14.3 Å². The minimum Gasteiger partial charge on any atom is -0.482 e. The Hall–Kier alpha value is -2.12. The highest BCUT2D eigenvalue weighted by Gasteiger charge is 2.20. The molecule has 0 aromatic heterocycles. The van der Waals surface area contributed by atoms with Gasteiger partial charge in [0.1, 0.15) is 18.9 Å². The molecular formula is C18H29N2O5+. The quantitative estimate of drug-likeness (QED) is 0.415. The molecule has 0 amide bonds. The van der Waals surface area contributed by atoms with E-state index in [1.165, 1.54) is 0 Å². The fourth-order valence-corrected chi connectivity index (χ4v) is 1.89. The number of hydrogen-bond donors (Lipinski definition) is 1. The molecule has 1 aromatic carbocycles. The van der Waals surface area contributed by atoms with Crippen molar-refractivity contribution in [2.24, 2.45) is 5.92 Å². The summed E-state index contributed by atoms with van der Waals surface area (Å²) >= 11 is 0. The monoisotopic (exact) mass is 353 g/mol. The number of carbonyl (C=O) groups is 2. The van der Waals surface area contributed by atoms with E-state index in [4.69, 9.17) is 14.3 Å². The van der Waals surface area contributed by atoms with E-state index in [0.717, 1.165) is 11.1 Å². The number of likely N-dealkylation sites (N-methyl/N-ethyl adjacent to an activating group) is 1. The van der Waals surface area contributed by atoms with Gasteiger partial charge >= 0.3 is 11.9 Å². The van der Waals surface area contributed by atoms with E-state index in [2.05, 4.69) is 5.59 Å². The lowest BCUT2D eigenvalue weighted by Gasteiger charge is -2.27. The fourth-order valence-electron chi connectivity index (χ4n) is 1.89. The minimum atomic E-state index is -0.537. The maximum atomic E-state index is 11.8. The summed E-state index contributed by atoms with van der Waals surface area (Å²) in [6.07, 6.45) is 0. The van der Waals surface area contributed by atoms with Crippen LogP contribution < -0.4 is 10.3 Å². The van der Waals surface area contributed by atoms with Gasteiger partial charge in [-0.3, -0.25) is 4.79 Å². The molecular weight excluding hydrogens is 324 g/mol. The van der Waals surface area contributed by atoms with Crippen LogP contribution in [0.5, 0.6) is 5.75 Å². The Morgan fingerprint density at radius 1 is 1.20 bits per heavy atom. The zero-order valence-corrected chi connectivity index (χ0v) is 15.9. The number of nitrogens with zero attached hydrogens (tertiary/aromatic N) is 1. The number of esters is 1. The van der Waals surface area contributed by atoms with Crippen molar-refractivity contribution in [3.8, 4) is 5.75 Å². The van der Waals surface area contributed by atoms with Gasteiger partial charge in [-0.1, -0.05) is 31.5 Å². The van der Waals surface area contributed by atoms with Crippen LogP contribution in [0.2, 0.25) is 0 Å². The Morgan fingerprint density at radius 2 is 1.88 bits per heavy atom. The Labute approximate surface area is 149 Å². The first-order chi connectivity index (χ1) is 11.6. The van der Waals surface area contributed by atoms with Crippen LogP contribution in [0, 0.1) is 19.8 Å². The summed E-state index contributed by atoms with van der Waals surface area (Å²) in [6.45, 7) is 7.95. The molecule has 0 saturated heterocycles. The summed E-state index contributed by atoms with van der Waals surface area (Å²) in [5, 5.41) is 0. The minimum absolute atomic E-state index is 0.153. The molecule has 0 saturated carbocycles. The smallest absolute Gasteiger partial charge is 0.367 e. The number of quaternary nitrogens is 1. The number of nitrogens with one attached hydrogen (secondary N) is 1. The highest BCUT2D eigenvalue weighted by molar-refractivity contribution is 5.71. The molecule has 0 aliphatic carbocycles. The summed E-state index contributed by atoms with van der Waals surface area (Å²) in [4.78, 5) is 28.2. The zero-order valence-electron chi connectivity index (χ0n) is 15.9. The topological polar surface area (TPSA) is 73.9 Å². The van der Waals surface area contributed by atoms with Gasteiger partial charge in [-0.05, 0) is 25.5 Å². The van der Waals surface area contributed by atoms with Gasteiger partial charge in [-0.25, -0.2) is 9.39 Å². The number of benzene rings is 1. The highest BCUT2D eigenvalue weighted by atomic mass is 16.7. The predicted molar refractivity (Wildman–Crippen MR) is 93.4 cm³/mol. The number of carbonyl (C=O) groups excluding carboxylic acids is 2. The third-order valence-electron chi connectivity index (χ3n) is 3.45. The summed E-state index contributed by atoms with van der Waals surface area (Å²) in [5.74, 6) is -0.301. The first kappa shape index (κ1) is 20.9. The van der Waals surface area contributed by atoms with Gasteiger partial charge in [0.05, 0.1) is 20.0 Å². The van der Waals surface area contributed by atoms with E-state index in [1.54, 1.807) is 27.9 Å². The SMILES string of the molecule is Cc1ccc(OCC(=O)ON[N+](C)(C)CCOC(=O)C(C)C)c(C)c1. The van der Waals surface area contributed by atoms with Crippen molar-refractivity contribution in [3.05, 3.63) is 29.3 Å². The van der Waals surface area contributed by atoms with Gasteiger partial charge in [0.15, 0.2) is 6.61 Å². The van der Waals surface area contributed by atoms with E-state index in [0.29, 0.717) is 12.3 Å². The average Bonchev–Trinajstić information content (AvgIpc) is 2.51. The van der Waals surface area contributed by atoms with Crippen LogP contribution in [0.4, 0.5) is 0 Å². The molecule has 0 atom stereocenters. The van der Waals surface area contributed by atoms with E-state index < -0.39 is 5.97 Å². The van der Waals surface area contributed by atoms with Crippen LogP contribution in [0.15, 0.2) is 18.2 Å². The van der Waals surface area contributed by atoms with E-state index in [9.17, 15) is 9.59 Å². The second-order valence-electron chi connectivity index (χ2n) is 6.85. The third kappa shape index (κ3) is 8.00. The van der Waals surface area contributed by atoms with Crippen LogP contribution in [0.3, 0.4) is 0 Å². The summed E-state index contributed by atoms with van der Waals surface area (Å²) in [7, 11) is 3.59. The van der Waals surface area contributed by atoms with Crippen LogP contribution in [0.1, 0.15) is 25.0 Å². The van der Waals surface area contributed by atoms with Crippen molar-refractivity contribution < 1.29 is 28.5 Å². The molecule has 0 radical (unpaired) electrons. The van der Waals surface area contributed by atoms with Crippen molar-refractivity contribution in [2.75, 3.05) is 33.9 Å². The lowest BCUT2D eigenvalue weighted by Crippen LogP contribution is -2.54. The first-order valence-corrected chi connectivity index (χ1v) is 8.27. The van der Waals surface area contributed by atoms with Crippen molar-refractivity contribution in [1.82, 2.24) is 5.59 Å². The van der Waals surface area contributed by atoms with Crippen LogP contribution in [-0.2, 0) is 19.2 Å². The van der Waals surface area contributed by atoms with E-state index in [-0.39, 0.29) is 29.7 Å². The normalized spacial score (nSPS) is 11.3. The Bertz CT molecular complexity index is 599.